The zero-order valence-corrected chi connectivity index (χ0v) is 16.6. The summed E-state index contributed by atoms with van der Waals surface area (Å²) in [6, 6.07) is 0. The van der Waals surface area contributed by atoms with Gasteiger partial charge in [0.15, 0.2) is 0 Å². The summed E-state index contributed by atoms with van der Waals surface area (Å²) in [5, 5.41) is 0. The molecule has 0 atom stereocenters. The number of carbonyl (C=O) groups is 2. The molecule has 0 radical (unpaired) electrons. The van der Waals surface area contributed by atoms with E-state index in [0.717, 1.165) is 8.87 Å². The van der Waals surface area contributed by atoms with Gasteiger partial charge in [0.25, 0.3) is 0 Å². The summed E-state index contributed by atoms with van der Waals surface area (Å²) in [4.78, 5) is 20.1. The fourth-order valence-corrected chi connectivity index (χ4v) is 6.21. The third-order valence-corrected chi connectivity index (χ3v) is 7.32. The second kappa shape index (κ2) is 17.7. The van der Waals surface area contributed by atoms with Crippen molar-refractivity contribution in [3.63, 3.8) is 0 Å². The molecule has 0 bridgehead atoms. The Labute approximate surface area is 133 Å². The molecule has 104 valence electrons. The van der Waals surface area contributed by atoms with Crippen molar-refractivity contribution in [1.82, 2.24) is 0 Å². The van der Waals surface area contributed by atoms with Gasteiger partial charge in [0.05, 0.1) is 6.42 Å². The van der Waals surface area contributed by atoms with E-state index in [-0.39, 0.29) is 39.7 Å². The van der Waals surface area contributed by atoms with Crippen LogP contribution < -0.4 is 0 Å². The quantitative estimate of drug-likeness (QED) is 0.465. The monoisotopic (exact) mass is 398 g/mol. The Balaban J connectivity index is -0.000000251. The molecule has 0 unspecified atom stereocenters. The molecule has 0 saturated heterocycles. The van der Waals surface area contributed by atoms with Gasteiger partial charge in [-0.15, -0.1) is 0 Å². The predicted molar refractivity (Wildman–Crippen MR) is 71.8 cm³/mol. The average Bonchev–Trinajstić information content (AvgIpc) is 2.22. The second-order valence-electron chi connectivity index (χ2n) is 4.33. The topological polar surface area (TPSA) is 51.2 Å². The van der Waals surface area contributed by atoms with Crippen molar-refractivity contribution in [2.24, 2.45) is 0 Å². The first kappa shape index (κ1) is 23.7. The summed E-state index contributed by atoms with van der Waals surface area (Å²) >= 11 is -1.99. The van der Waals surface area contributed by atoms with Crippen LogP contribution in [0.25, 0.3) is 0 Å². The van der Waals surface area contributed by atoms with Crippen LogP contribution in [0.1, 0.15) is 59.8 Å². The molecule has 0 aliphatic heterocycles. The SMILES string of the molecule is CC(=O)CC(C)=O.CCC[CH2][Sn](=[O])[CH2]CCC.[Ti]. The predicted octanol–water partition coefficient (Wildman–Crippen LogP) is 3.56. The maximum atomic E-state index is 11.2. The fraction of sp³-hybridized carbons (Fsp3) is 0.846. The largest absolute Gasteiger partial charge is 0 e. The molecule has 0 fully saturated rings. The van der Waals surface area contributed by atoms with Crippen LogP contribution >= 0.6 is 0 Å². The molecule has 0 rings (SSSR count). The molecule has 0 N–H and O–H groups in total. The first-order chi connectivity index (χ1) is 7.93. The molecule has 5 heteroatoms. The minimum Gasteiger partial charge on any atom is 0 e. The third kappa shape index (κ3) is 25.5. The minimum atomic E-state index is -1.99. The summed E-state index contributed by atoms with van der Waals surface area (Å²) in [6.07, 6.45) is 4.89. The van der Waals surface area contributed by atoms with Gasteiger partial charge in [-0.1, -0.05) is 0 Å². The number of ketones is 2. The smallest absolute Gasteiger partial charge is 0 e. The van der Waals surface area contributed by atoms with E-state index in [2.05, 4.69) is 13.8 Å². The molecule has 0 heterocycles. The Morgan fingerprint density at radius 1 is 0.889 bits per heavy atom. The van der Waals surface area contributed by atoms with Crippen LogP contribution in [0.15, 0.2) is 0 Å². The molecule has 0 aliphatic carbocycles. The summed E-state index contributed by atoms with van der Waals surface area (Å²) in [6.45, 7) is 7.13. The fourth-order valence-electron chi connectivity index (χ4n) is 1.22. The summed E-state index contributed by atoms with van der Waals surface area (Å²) in [7, 11) is 0. The molecule has 0 aliphatic rings. The van der Waals surface area contributed by atoms with Crippen molar-refractivity contribution >= 4 is 31.3 Å². The van der Waals surface area contributed by atoms with Gasteiger partial charge < -0.3 is 0 Å². The summed E-state index contributed by atoms with van der Waals surface area (Å²) in [5.74, 6) is -0.125. The van der Waals surface area contributed by atoms with Crippen LogP contribution in [0.2, 0.25) is 8.87 Å². The van der Waals surface area contributed by atoms with E-state index >= 15 is 0 Å². The maximum Gasteiger partial charge on any atom is 0 e. The number of rotatable bonds is 8. The van der Waals surface area contributed by atoms with E-state index < -0.39 is 19.7 Å². The van der Waals surface area contributed by atoms with Crippen LogP contribution in [0.3, 0.4) is 0 Å². The van der Waals surface area contributed by atoms with Crippen molar-refractivity contribution in [2.45, 2.75) is 68.7 Å². The first-order valence-corrected chi connectivity index (χ1v) is 11.6. The van der Waals surface area contributed by atoms with Gasteiger partial charge in [-0.25, -0.2) is 0 Å². The molecule has 0 aromatic carbocycles. The van der Waals surface area contributed by atoms with Crippen LogP contribution in [-0.4, -0.2) is 31.3 Å². The van der Waals surface area contributed by atoms with Gasteiger partial charge in [-0.2, -0.15) is 0 Å². The van der Waals surface area contributed by atoms with Crippen molar-refractivity contribution in [3.05, 3.63) is 0 Å². The molecule has 3 nitrogen and oxygen atoms in total. The maximum absolute atomic E-state index is 11.2. The Hall–Kier alpha value is 0.653. The Morgan fingerprint density at radius 3 is 1.39 bits per heavy atom. The van der Waals surface area contributed by atoms with Crippen LogP contribution in [0.4, 0.5) is 0 Å². The number of hydrogen-bond donors (Lipinski definition) is 0. The van der Waals surface area contributed by atoms with E-state index in [4.69, 9.17) is 0 Å². The van der Waals surface area contributed by atoms with Crippen LogP contribution in [0, 0.1) is 0 Å². The Morgan fingerprint density at radius 2 is 1.22 bits per heavy atom. The van der Waals surface area contributed by atoms with Crippen molar-refractivity contribution < 1.29 is 34.4 Å². The second-order valence-corrected chi connectivity index (χ2v) is 10.3. The minimum absolute atomic E-state index is 0. The first-order valence-electron chi connectivity index (χ1n) is 6.44. The van der Waals surface area contributed by atoms with Crippen LogP contribution in [0.5, 0.6) is 0 Å². The van der Waals surface area contributed by atoms with Crippen molar-refractivity contribution in [3.8, 4) is 0 Å². The van der Waals surface area contributed by atoms with Crippen molar-refractivity contribution in [1.29, 1.82) is 0 Å². The van der Waals surface area contributed by atoms with Crippen LogP contribution in [-0.2, 0) is 34.4 Å². The van der Waals surface area contributed by atoms with E-state index in [1.807, 2.05) is 0 Å². The molecule has 0 aromatic rings. The zero-order valence-electron chi connectivity index (χ0n) is 12.2. The molecule has 0 saturated carbocycles. The molecule has 18 heavy (non-hydrogen) atoms. The molecule has 0 aromatic heterocycles. The summed E-state index contributed by atoms with van der Waals surface area (Å²) in [5.41, 5.74) is 0. The van der Waals surface area contributed by atoms with Gasteiger partial charge in [0.2, 0.25) is 0 Å². The normalized spacial score (nSPS) is 8.67. The Kier molecular flexibility index (Phi) is 23.3. The average molecular weight is 397 g/mol. The van der Waals surface area contributed by atoms with Gasteiger partial charge >= 0.3 is 71.2 Å². The molecular formula is C13H26O3SnTi. The molecule has 0 spiro atoms. The van der Waals surface area contributed by atoms with E-state index in [1.165, 1.54) is 39.5 Å². The number of Topliss-reactive ketones (excluding diaryl/α,β-unsaturated/α-hetero) is 2. The zero-order chi connectivity index (χ0) is 13.7. The number of hydrogen-bond acceptors (Lipinski definition) is 3. The van der Waals surface area contributed by atoms with E-state index in [0.29, 0.717) is 0 Å². The number of carbonyl (C=O) groups excluding carboxylic acids is 2. The Bertz CT molecular complexity index is 220. The van der Waals surface area contributed by atoms with Gasteiger partial charge in [0, 0.05) is 21.7 Å². The standard InChI is InChI=1S/C5H8O2.2C4H9.O.Sn.Ti/c1-4(6)3-5(2)7;2*1-3-4-2;;;/h3H2,1-2H3;2*1,3-4H2,2H3;;;. The van der Waals surface area contributed by atoms with Gasteiger partial charge in [-0.05, 0) is 13.8 Å². The number of unbranched alkanes of at least 4 members (excludes halogenated alkanes) is 2. The van der Waals surface area contributed by atoms with E-state index in [9.17, 15) is 12.7 Å². The van der Waals surface area contributed by atoms with Gasteiger partial charge in [-0.3, -0.25) is 9.59 Å². The van der Waals surface area contributed by atoms with E-state index in [1.54, 1.807) is 0 Å². The summed E-state index contributed by atoms with van der Waals surface area (Å²) < 4.78 is 13.4. The molecule has 0 amide bonds. The van der Waals surface area contributed by atoms with Crippen molar-refractivity contribution in [2.75, 3.05) is 0 Å². The molecular weight excluding hydrogens is 371 g/mol. The van der Waals surface area contributed by atoms with Gasteiger partial charge in [0.1, 0.15) is 11.6 Å². The third-order valence-electron chi connectivity index (χ3n) is 2.12.